The van der Waals surface area contributed by atoms with Crippen LogP contribution in [0, 0.1) is 0 Å². The molecule has 3 rings (SSSR count). The molecular formula is C28H30Cl2N2O3. The fourth-order valence-electron chi connectivity index (χ4n) is 3.61. The third-order valence-electron chi connectivity index (χ3n) is 5.70. The molecule has 1 N–H and O–H groups in total. The van der Waals surface area contributed by atoms with E-state index in [4.69, 9.17) is 27.9 Å². The van der Waals surface area contributed by atoms with Gasteiger partial charge in [0.15, 0.2) is 6.61 Å². The number of nitrogens with one attached hydrogen (secondary N) is 1. The molecule has 0 aliphatic carbocycles. The van der Waals surface area contributed by atoms with Crippen molar-refractivity contribution in [2.24, 2.45) is 0 Å². The summed E-state index contributed by atoms with van der Waals surface area (Å²) in [6.07, 6.45) is 1.14. The lowest BCUT2D eigenvalue weighted by molar-refractivity contribution is -0.143. The number of halogens is 2. The van der Waals surface area contributed by atoms with Crippen LogP contribution in [0.1, 0.15) is 31.4 Å². The van der Waals surface area contributed by atoms with Crippen LogP contribution in [-0.4, -0.2) is 35.4 Å². The van der Waals surface area contributed by atoms with Gasteiger partial charge in [-0.3, -0.25) is 9.59 Å². The molecule has 3 aromatic carbocycles. The third kappa shape index (κ3) is 8.01. The number of carbonyl (C=O) groups is 2. The normalized spacial score (nSPS) is 12.5. The lowest BCUT2D eigenvalue weighted by Gasteiger charge is -2.32. The van der Waals surface area contributed by atoms with E-state index >= 15 is 0 Å². The predicted octanol–water partition coefficient (Wildman–Crippen LogP) is 5.93. The summed E-state index contributed by atoms with van der Waals surface area (Å²) < 4.78 is 5.74. The maximum absolute atomic E-state index is 13.6. The Bertz CT molecular complexity index is 1120. The van der Waals surface area contributed by atoms with Gasteiger partial charge in [0, 0.05) is 24.0 Å². The zero-order chi connectivity index (χ0) is 25.2. The highest BCUT2D eigenvalue weighted by atomic mass is 35.5. The minimum Gasteiger partial charge on any atom is -0.482 e. The van der Waals surface area contributed by atoms with Crippen LogP contribution in [0.4, 0.5) is 0 Å². The first-order valence-corrected chi connectivity index (χ1v) is 12.4. The number of nitrogens with zero attached hydrogens (tertiary/aromatic N) is 1. The second-order valence-corrected chi connectivity index (χ2v) is 9.24. The van der Waals surface area contributed by atoms with Gasteiger partial charge in [0.05, 0.1) is 5.02 Å². The van der Waals surface area contributed by atoms with Crippen molar-refractivity contribution in [1.29, 1.82) is 0 Å². The summed E-state index contributed by atoms with van der Waals surface area (Å²) >= 11 is 12.4. The predicted molar refractivity (Wildman–Crippen MR) is 141 cm³/mol. The van der Waals surface area contributed by atoms with Gasteiger partial charge in [-0.15, -0.1) is 0 Å². The zero-order valence-electron chi connectivity index (χ0n) is 19.9. The molecule has 0 heterocycles. The molecule has 0 saturated heterocycles. The molecule has 0 bridgehead atoms. The number of para-hydroxylation sites is 1. The molecule has 0 saturated carbocycles. The molecule has 35 heavy (non-hydrogen) atoms. The average molecular weight is 513 g/mol. The van der Waals surface area contributed by atoms with E-state index < -0.39 is 6.04 Å². The van der Waals surface area contributed by atoms with E-state index in [0.717, 1.165) is 17.5 Å². The monoisotopic (exact) mass is 512 g/mol. The van der Waals surface area contributed by atoms with Gasteiger partial charge in [-0.1, -0.05) is 84.7 Å². The summed E-state index contributed by atoms with van der Waals surface area (Å²) in [6.45, 7) is 3.90. The fourth-order valence-corrected chi connectivity index (χ4v) is 4.01. The first kappa shape index (κ1) is 26.6. The zero-order valence-corrected chi connectivity index (χ0v) is 21.4. The van der Waals surface area contributed by atoms with E-state index in [-0.39, 0.29) is 31.0 Å². The summed E-state index contributed by atoms with van der Waals surface area (Å²) in [6, 6.07) is 23.1. The Balaban J connectivity index is 1.92. The molecule has 3 aromatic rings. The van der Waals surface area contributed by atoms with Crippen molar-refractivity contribution >= 4 is 35.0 Å². The smallest absolute Gasteiger partial charge is 0.261 e. The van der Waals surface area contributed by atoms with Crippen LogP contribution in [0.25, 0.3) is 0 Å². The first-order valence-electron chi connectivity index (χ1n) is 11.6. The summed E-state index contributed by atoms with van der Waals surface area (Å²) in [7, 11) is 0. The lowest BCUT2D eigenvalue weighted by Crippen LogP contribution is -2.53. The second-order valence-electron chi connectivity index (χ2n) is 8.39. The van der Waals surface area contributed by atoms with Gasteiger partial charge in [-0.25, -0.2) is 0 Å². The molecule has 0 aromatic heterocycles. The molecule has 2 atom stereocenters. The van der Waals surface area contributed by atoms with Gasteiger partial charge in [0.2, 0.25) is 5.91 Å². The Morgan fingerprint density at radius 1 is 0.943 bits per heavy atom. The minimum absolute atomic E-state index is 0.0247. The van der Waals surface area contributed by atoms with Crippen molar-refractivity contribution in [3.05, 3.63) is 100 Å². The summed E-state index contributed by atoms with van der Waals surface area (Å²) in [5.74, 6) is -0.129. The summed E-state index contributed by atoms with van der Waals surface area (Å²) in [4.78, 5) is 28.6. The topological polar surface area (TPSA) is 58.6 Å². The lowest BCUT2D eigenvalue weighted by atomic mass is 10.0. The van der Waals surface area contributed by atoms with E-state index in [0.29, 0.717) is 22.2 Å². The number of carbonyl (C=O) groups excluding carboxylic acids is 2. The maximum atomic E-state index is 13.6. The van der Waals surface area contributed by atoms with Crippen LogP contribution in [0.15, 0.2) is 78.9 Å². The number of rotatable bonds is 11. The van der Waals surface area contributed by atoms with Crippen LogP contribution in [0.3, 0.4) is 0 Å². The molecule has 0 aliphatic heterocycles. The standard InChI is InChI=1S/C28H30Cl2N2O3/c1-3-20(2)31-28(34)25(17-21-10-5-4-6-11-21)32(18-22-12-9-13-23(29)16-22)27(33)19-35-26-15-8-7-14-24(26)30/h4-16,20,25H,3,17-19H2,1-2H3,(H,31,34). The summed E-state index contributed by atoms with van der Waals surface area (Å²) in [5, 5.41) is 4.02. The van der Waals surface area contributed by atoms with Gasteiger partial charge in [-0.05, 0) is 48.7 Å². The van der Waals surface area contributed by atoms with E-state index in [9.17, 15) is 9.59 Å². The van der Waals surface area contributed by atoms with Crippen molar-refractivity contribution in [3.63, 3.8) is 0 Å². The van der Waals surface area contributed by atoms with E-state index in [1.807, 2.05) is 56.3 Å². The Labute approximate surface area is 217 Å². The number of benzene rings is 3. The Hall–Kier alpha value is -3.02. The van der Waals surface area contributed by atoms with Gasteiger partial charge in [0.1, 0.15) is 11.8 Å². The Morgan fingerprint density at radius 2 is 1.63 bits per heavy atom. The van der Waals surface area contributed by atoms with Crippen molar-refractivity contribution in [2.75, 3.05) is 6.61 Å². The van der Waals surface area contributed by atoms with Crippen molar-refractivity contribution in [3.8, 4) is 5.75 Å². The average Bonchev–Trinajstić information content (AvgIpc) is 2.86. The molecule has 0 fully saturated rings. The number of hydrogen-bond donors (Lipinski definition) is 1. The van der Waals surface area contributed by atoms with Crippen LogP contribution in [0.2, 0.25) is 10.0 Å². The van der Waals surface area contributed by atoms with Crippen LogP contribution >= 0.6 is 23.2 Å². The molecule has 7 heteroatoms. The summed E-state index contributed by atoms with van der Waals surface area (Å²) in [5.41, 5.74) is 1.77. The van der Waals surface area contributed by atoms with Crippen LogP contribution < -0.4 is 10.1 Å². The van der Waals surface area contributed by atoms with Crippen molar-refractivity contribution in [2.45, 2.75) is 45.3 Å². The highest BCUT2D eigenvalue weighted by Crippen LogP contribution is 2.24. The number of hydrogen-bond acceptors (Lipinski definition) is 3. The molecular weight excluding hydrogens is 483 g/mol. The number of ether oxygens (including phenoxy) is 1. The molecule has 0 radical (unpaired) electrons. The molecule has 5 nitrogen and oxygen atoms in total. The van der Waals surface area contributed by atoms with Crippen LogP contribution in [0.5, 0.6) is 5.75 Å². The quantitative estimate of drug-likeness (QED) is 0.346. The largest absolute Gasteiger partial charge is 0.482 e. The molecule has 0 spiro atoms. The van der Waals surface area contributed by atoms with Gasteiger partial charge < -0.3 is 15.0 Å². The Morgan fingerprint density at radius 3 is 2.31 bits per heavy atom. The van der Waals surface area contributed by atoms with E-state index in [1.54, 1.807) is 41.3 Å². The van der Waals surface area contributed by atoms with Crippen LogP contribution in [-0.2, 0) is 22.6 Å². The minimum atomic E-state index is -0.743. The molecule has 184 valence electrons. The maximum Gasteiger partial charge on any atom is 0.261 e. The van der Waals surface area contributed by atoms with Gasteiger partial charge in [-0.2, -0.15) is 0 Å². The third-order valence-corrected chi connectivity index (χ3v) is 6.25. The number of amides is 2. The second kappa shape index (κ2) is 13.2. The molecule has 2 amide bonds. The van der Waals surface area contributed by atoms with E-state index in [2.05, 4.69) is 5.32 Å². The molecule has 0 aliphatic rings. The first-order chi connectivity index (χ1) is 16.9. The van der Waals surface area contributed by atoms with Crippen molar-refractivity contribution < 1.29 is 14.3 Å². The van der Waals surface area contributed by atoms with Gasteiger partial charge in [0.25, 0.3) is 5.91 Å². The van der Waals surface area contributed by atoms with E-state index in [1.165, 1.54) is 0 Å². The highest BCUT2D eigenvalue weighted by molar-refractivity contribution is 6.32. The SMILES string of the molecule is CCC(C)NC(=O)C(Cc1ccccc1)N(Cc1cccc(Cl)c1)C(=O)COc1ccccc1Cl. The van der Waals surface area contributed by atoms with Crippen molar-refractivity contribution in [1.82, 2.24) is 10.2 Å². The Kier molecular flexibility index (Phi) is 10.0. The fraction of sp³-hybridized carbons (Fsp3) is 0.286. The molecule has 2 unspecified atom stereocenters. The highest BCUT2D eigenvalue weighted by Gasteiger charge is 2.31. The van der Waals surface area contributed by atoms with Gasteiger partial charge >= 0.3 is 0 Å².